The van der Waals surface area contributed by atoms with Crippen LogP contribution in [0.1, 0.15) is 5.56 Å². The highest BCUT2D eigenvalue weighted by molar-refractivity contribution is 7.99. The molecule has 3 nitrogen and oxygen atoms in total. The van der Waals surface area contributed by atoms with E-state index in [9.17, 15) is 13.2 Å². The monoisotopic (exact) mass is 325 g/mol. The van der Waals surface area contributed by atoms with Gasteiger partial charge in [0.1, 0.15) is 15.3 Å². The van der Waals surface area contributed by atoms with Gasteiger partial charge in [0, 0.05) is 11.1 Å². The Morgan fingerprint density at radius 2 is 1.63 bits per heavy atom. The van der Waals surface area contributed by atoms with Crippen LogP contribution in [0.15, 0.2) is 34.6 Å². The molecule has 0 fully saturated rings. The molecule has 2 aromatic rings. The number of rotatable bonds is 2. The van der Waals surface area contributed by atoms with Crippen LogP contribution in [-0.2, 0) is 6.18 Å². The predicted octanol–water partition coefficient (Wildman–Crippen LogP) is 4.35. The first-order chi connectivity index (χ1) is 8.86. The maximum atomic E-state index is 12.8. The van der Waals surface area contributed by atoms with Gasteiger partial charge in [-0.15, -0.1) is 0 Å². The molecular formula is C10H4Cl2F3N3S. The molecule has 0 aliphatic heterocycles. The largest absolute Gasteiger partial charge is 0.418 e. The van der Waals surface area contributed by atoms with Gasteiger partial charge in [-0.2, -0.15) is 13.2 Å². The predicted molar refractivity (Wildman–Crippen MR) is 65.4 cm³/mol. The average Bonchev–Trinajstić information content (AvgIpc) is 2.30. The Kier molecular flexibility index (Phi) is 4.17. The van der Waals surface area contributed by atoms with Gasteiger partial charge in [0.2, 0.25) is 0 Å². The van der Waals surface area contributed by atoms with Crippen molar-refractivity contribution < 1.29 is 13.2 Å². The van der Waals surface area contributed by atoms with Gasteiger partial charge in [-0.1, -0.05) is 35.0 Å². The van der Waals surface area contributed by atoms with E-state index in [-0.39, 0.29) is 20.2 Å². The highest BCUT2D eigenvalue weighted by Crippen LogP contribution is 2.39. The topological polar surface area (TPSA) is 38.7 Å². The van der Waals surface area contributed by atoms with E-state index in [0.717, 1.165) is 17.8 Å². The van der Waals surface area contributed by atoms with Crippen molar-refractivity contribution in [2.45, 2.75) is 16.1 Å². The van der Waals surface area contributed by atoms with Crippen molar-refractivity contribution in [3.63, 3.8) is 0 Å². The first-order valence-corrected chi connectivity index (χ1v) is 6.31. The fourth-order valence-electron chi connectivity index (χ4n) is 1.18. The summed E-state index contributed by atoms with van der Waals surface area (Å²) in [6, 6.07) is 1.13. The molecule has 100 valence electrons. The third-order valence-corrected chi connectivity index (χ3v) is 3.33. The molecule has 0 aliphatic carbocycles. The Morgan fingerprint density at radius 3 is 2.21 bits per heavy atom. The van der Waals surface area contributed by atoms with Crippen molar-refractivity contribution in [3.8, 4) is 0 Å². The number of hydrogen-bond donors (Lipinski definition) is 0. The lowest BCUT2D eigenvalue weighted by Gasteiger charge is -2.11. The van der Waals surface area contributed by atoms with Gasteiger partial charge >= 0.3 is 6.18 Å². The standard InChI is InChI=1S/C10H4Cl2F3N3S/c11-7-1-6(5(2-16-7)10(13,14)15)19-9-4-17-8(12)3-18-9/h1-4H. The summed E-state index contributed by atoms with van der Waals surface area (Å²) in [5.41, 5.74) is -0.876. The number of alkyl halides is 3. The summed E-state index contributed by atoms with van der Waals surface area (Å²) >= 11 is 11.9. The van der Waals surface area contributed by atoms with Crippen LogP contribution in [0.2, 0.25) is 10.3 Å². The molecule has 2 aromatic heterocycles. The van der Waals surface area contributed by atoms with Crippen LogP contribution < -0.4 is 0 Å². The zero-order chi connectivity index (χ0) is 14.0. The van der Waals surface area contributed by atoms with Crippen LogP contribution in [0, 0.1) is 0 Å². The van der Waals surface area contributed by atoms with E-state index in [1.54, 1.807) is 0 Å². The number of pyridine rings is 1. The number of aromatic nitrogens is 3. The van der Waals surface area contributed by atoms with E-state index in [0.29, 0.717) is 6.20 Å². The van der Waals surface area contributed by atoms with Crippen molar-refractivity contribution in [1.82, 2.24) is 15.0 Å². The molecule has 0 unspecified atom stereocenters. The zero-order valence-corrected chi connectivity index (χ0v) is 11.3. The van der Waals surface area contributed by atoms with Crippen LogP contribution in [0.3, 0.4) is 0 Å². The summed E-state index contributed by atoms with van der Waals surface area (Å²) in [5, 5.41) is 0.405. The summed E-state index contributed by atoms with van der Waals surface area (Å²) in [5.74, 6) is 0. The fraction of sp³-hybridized carbons (Fsp3) is 0.100. The van der Waals surface area contributed by atoms with Gasteiger partial charge in [-0.25, -0.2) is 15.0 Å². The minimum Gasteiger partial charge on any atom is -0.245 e. The van der Waals surface area contributed by atoms with Crippen molar-refractivity contribution in [3.05, 3.63) is 40.5 Å². The number of nitrogens with zero attached hydrogens (tertiary/aromatic N) is 3. The minimum atomic E-state index is -4.51. The second-order valence-corrected chi connectivity index (χ2v) is 5.12. The first-order valence-electron chi connectivity index (χ1n) is 4.74. The molecule has 9 heteroatoms. The molecule has 0 aromatic carbocycles. The summed E-state index contributed by atoms with van der Waals surface area (Å²) < 4.78 is 38.4. The molecule has 0 saturated carbocycles. The SMILES string of the molecule is FC(F)(F)c1cnc(Cl)cc1Sc1cnc(Cl)cn1. The molecule has 0 amide bonds. The van der Waals surface area contributed by atoms with Gasteiger partial charge in [-0.3, -0.25) is 0 Å². The summed E-state index contributed by atoms with van der Waals surface area (Å²) in [4.78, 5) is 10.9. The zero-order valence-electron chi connectivity index (χ0n) is 8.95. The molecule has 0 atom stereocenters. The maximum Gasteiger partial charge on any atom is 0.418 e. The third-order valence-electron chi connectivity index (χ3n) is 1.95. The highest BCUT2D eigenvalue weighted by atomic mass is 35.5. The summed E-state index contributed by atoms with van der Waals surface area (Å²) in [7, 11) is 0. The Bertz CT molecular complexity index is 590. The van der Waals surface area contributed by atoms with E-state index in [4.69, 9.17) is 23.2 Å². The second-order valence-electron chi connectivity index (χ2n) is 3.28. The average molecular weight is 326 g/mol. The van der Waals surface area contributed by atoms with Gasteiger partial charge in [0.15, 0.2) is 0 Å². The van der Waals surface area contributed by atoms with Crippen molar-refractivity contribution in [2.24, 2.45) is 0 Å². The van der Waals surface area contributed by atoms with Gasteiger partial charge in [0.05, 0.1) is 18.0 Å². The molecule has 0 bridgehead atoms. The normalized spacial score (nSPS) is 11.6. The third kappa shape index (κ3) is 3.71. The molecule has 0 spiro atoms. The molecule has 0 N–H and O–H groups in total. The molecule has 19 heavy (non-hydrogen) atoms. The molecule has 2 heterocycles. The maximum absolute atomic E-state index is 12.8. The van der Waals surface area contributed by atoms with E-state index >= 15 is 0 Å². The van der Waals surface area contributed by atoms with E-state index in [1.807, 2.05) is 0 Å². The fourth-order valence-corrected chi connectivity index (χ4v) is 2.38. The van der Waals surface area contributed by atoms with E-state index in [1.165, 1.54) is 12.4 Å². The highest BCUT2D eigenvalue weighted by Gasteiger charge is 2.34. The van der Waals surface area contributed by atoms with Crippen LogP contribution in [0.25, 0.3) is 0 Å². The number of halogens is 5. The quantitative estimate of drug-likeness (QED) is 0.769. The van der Waals surface area contributed by atoms with Crippen LogP contribution in [0.4, 0.5) is 13.2 Å². The van der Waals surface area contributed by atoms with Crippen molar-refractivity contribution >= 4 is 35.0 Å². The Labute approximate surface area is 120 Å². The van der Waals surface area contributed by atoms with Gasteiger partial charge < -0.3 is 0 Å². The van der Waals surface area contributed by atoms with Crippen LogP contribution >= 0.6 is 35.0 Å². The van der Waals surface area contributed by atoms with Crippen molar-refractivity contribution in [2.75, 3.05) is 0 Å². The lowest BCUT2D eigenvalue weighted by atomic mass is 10.3. The van der Waals surface area contributed by atoms with Gasteiger partial charge in [0.25, 0.3) is 0 Å². The van der Waals surface area contributed by atoms with E-state index in [2.05, 4.69) is 15.0 Å². The summed E-state index contributed by atoms with van der Waals surface area (Å²) in [6.07, 6.45) is -1.30. The molecule has 0 saturated heterocycles. The van der Waals surface area contributed by atoms with Crippen molar-refractivity contribution in [1.29, 1.82) is 0 Å². The van der Waals surface area contributed by atoms with Gasteiger partial charge in [-0.05, 0) is 6.07 Å². The van der Waals surface area contributed by atoms with Crippen LogP contribution in [0.5, 0.6) is 0 Å². The lowest BCUT2D eigenvalue weighted by Crippen LogP contribution is -2.07. The first kappa shape index (κ1) is 14.4. The second kappa shape index (κ2) is 5.52. The molecular weight excluding hydrogens is 322 g/mol. The Balaban J connectivity index is 2.38. The Hall–Kier alpha value is -1.05. The molecule has 0 aliphatic rings. The Morgan fingerprint density at radius 1 is 0.947 bits per heavy atom. The minimum absolute atomic E-state index is 0.0302. The summed E-state index contributed by atoms with van der Waals surface area (Å²) in [6.45, 7) is 0. The number of hydrogen-bond acceptors (Lipinski definition) is 4. The van der Waals surface area contributed by atoms with E-state index < -0.39 is 11.7 Å². The molecule has 2 rings (SSSR count). The smallest absolute Gasteiger partial charge is 0.245 e. The van der Waals surface area contributed by atoms with Crippen LogP contribution in [-0.4, -0.2) is 15.0 Å². The molecule has 0 radical (unpaired) electrons. The lowest BCUT2D eigenvalue weighted by molar-refractivity contribution is -0.140.